The first kappa shape index (κ1) is 15.2. The lowest BCUT2D eigenvalue weighted by Gasteiger charge is -2.19. The number of unbranched alkanes of at least 4 members (excludes halogenated alkanes) is 1. The van der Waals surface area contributed by atoms with Gasteiger partial charge >= 0.3 is 8.80 Å². The molecule has 6 heteroatoms. The van der Waals surface area contributed by atoms with Gasteiger partial charge in [-0.2, -0.15) is 0 Å². The summed E-state index contributed by atoms with van der Waals surface area (Å²) in [4.78, 5) is 9.79. The zero-order valence-corrected chi connectivity index (χ0v) is 11.6. The van der Waals surface area contributed by atoms with E-state index in [1.165, 1.54) is 26.4 Å². The molecule has 3 nitrogen and oxygen atoms in total. The van der Waals surface area contributed by atoms with Crippen LogP contribution in [0, 0.1) is 11.6 Å². The molecule has 102 valence electrons. The molecule has 1 rings (SSSR count). The molecule has 0 fully saturated rings. The maximum Gasteiger partial charge on any atom is 0.497 e. The second-order valence-corrected chi connectivity index (χ2v) is 6.85. The average Bonchev–Trinajstić information content (AvgIpc) is 2.33. The summed E-state index contributed by atoms with van der Waals surface area (Å²) in [5.41, 5.74) is 0.618. The molecule has 1 aromatic rings. The summed E-state index contributed by atoms with van der Waals surface area (Å²) in [5, 5.41) is 0. The van der Waals surface area contributed by atoms with E-state index in [9.17, 15) is 13.6 Å². The molecular formula is C12H18F2O3Si. The molecule has 0 atom stereocenters. The van der Waals surface area contributed by atoms with E-state index >= 15 is 0 Å². The number of hydrogen-bond donors (Lipinski definition) is 1. The van der Waals surface area contributed by atoms with Gasteiger partial charge in [0.15, 0.2) is 0 Å². The molecule has 0 aliphatic rings. The van der Waals surface area contributed by atoms with Gasteiger partial charge in [0.25, 0.3) is 0 Å². The number of rotatable bonds is 7. The zero-order valence-electron chi connectivity index (χ0n) is 10.6. The second kappa shape index (κ2) is 6.94. The molecule has 0 saturated carbocycles. The van der Waals surface area contributed by atoms with Gasteiger partial charge in [-0.25, -0.2) is 8.78 Å². The van der Waals surface area contributed by atoms with E-state index in [1.807, 2.05) is 0 Å². The van der Waals surface area contributed by atoms with Crippen molar-refractivity contribution in [1.82, 2.24) is 0 Å². The smallest absolute Gasteiger partial charge is 0.390 e. The highest BCUT2D eigenvalue weighted by atomic mass is 28.4. The quantitative estimate of drug-likeness (QED) is 0.614. The molecule has 0 radical (unpaired) electrons. The van der Waals surface area contributed by atoms with Crippen molar-refractivity contribution in [3.63, 3.8) is 0 Å². The predicted molar refractivity (Wildman–Crippen MR) is 66.1 cm³/mol. The van der Waals surface area contributed by atoms with Crippen molar-refractivity contribution in [3.8, 4) is 0 Å². The topological polar surface area (TPSA) is 38.7 Å². The number of benzene rings is 1. The van der Waals surface area contributed by atoms with Crippen LogP contribution in [-0.2, 0) is 15.3 Å². The lowest BCUT2D eigenvalue weighted by Crippen LogP contribution is -2.39. The molecule has 0 spiro atoms. The van der Waals surface area contributed by atoms with E-state index in [1.54, 1.807) is 0 Å². The van der Waals surface area contributed by atoms with Crippen LogP contribution in [0.2, 0.25) is 6.04 Å². The minimum atomic E-state index is -3.01. The third-order valence-corrected chi connectivity index (χ3v) is 5.03. The summed E-state index contributed by atoms with van der Waals surface area (Å²) in [6.45, 7) is 0. The van der Waals surface area contributed by atoms with Crippen LogP contribution in [0.15, 0.2) is 18.2 Å². The minimum Gasteiger partial charge on any atom is -0.390 e. The average molecular weight is 276 g/mol. The van der Waals surface area contributed by atoms with Gasteiger partial charge in [0.2, 0.25) is 0 Å². The highest BCUT2D eigenvalue weighted by molar-refractivity contribution is 6.59. The number of hydrogen-bond acceptors (Lipinski definition) is 3. The van der Waals surface area contributed by atoms with Gasteiger partial charge in [0.05, 0.1) is 0 Å². The summed E-state index contributed by atoms with van der Waals surface area (Å²) in [5.74, 6) is -1.13. The monoisotopic (exact) mass is 276 g/mol. The summed E-state index contributed by atoms with van der Waals surface area (Å²) in [6, 6.07) is 3.93. The first-order valence-corrected chi connectivity index (χ1v) is 7.74. The molecule has 0 heterocycles. The van der Waals surface area contributed by atoms with Crippen LogP contribution in [0.5, 0.6) is 0 Å². The van der Waals surface area contributed by atoms with E-state index < -0.39 is 20.4 Å². The molecule has 1 aromatic carbocycles. The van der Waals surface area contributed by atoms with Gasteiger partial charge in [-0.05, 0) is 37.0 Å². The third-order valence-electron chi connectivity index (χ3n) is 2.77. The van der Waals surface area contributed by atoms with Crippen molar-refractivity contribution in [2.45, 2.75) is 25.3 Å². The van der Waals surface area contributed by atoms with Crippen molar-refractivity contribution < 1.29 is 22.4 Å². The number of aryl methyl sites for hydroxylation is 1. The van der Waals surface area contributed by atoms with Crippen molar-refractivity contribution >= 4 is 8.80 Å². The Balaban J connectivity index is 2.38. The fourth-order valence-electron chi connectivity index (χ4n) is 1.72. The van der Waals surface area contributed by atoms with Gasteiger partial charge in [0.1, 0.15) is 11.6 Å². The van der Waals surface area contributed by atoms with Crippen molar-refractivity contribution in [3.05, 3.63) is 35.4 Å². The molecule has 0 unspecified atom stereocenters. The maximum absolute atomic E-state index is 12.9. The van der Waals surface area contributed by atoms with Crippen LogP contribution in [0.25, 0.3) is 0 Å². The Labute approximate surface area is 107 Å². The van der Waals surface area contributed by atoms with Crippen LogP contribution in [0.4, 0.5) is 8.78 Å². The first-order chi connectivity index (χ1) is 8.49. The Hall–Kier alpha value is -0.823. The molecule has 0 aliphatic heterocycles. The molecule has 1 N–H and O–H groups in total. The molecular weight excluding hydrogens is 258 g/mol. The normalized spacial score (nSPS) is 11.8. The van der Waals surface area contributed by atoms with Crippen LogP contribution in [0.1, 0.15) is 18.4 Å². The highest BCUT2D eigenvalue weighted by Crippen LogP contribution is 2.15. The number of halogens is 2. The van der Waals surface area contributed by atoms with E-state index in [0.29, 0.717) is 30.9 Å². The lowest BCUT2D eigenvalue weighted by molar-refractivity contribution is 0.150. The Morgan fingerprint density at radius 1 is 1.06 bits per heavy atom. The van der Waals surface area contributed by atoms with Crippen LogP contribution in [-0.4, -0.2) is 27.8 Å². The summed E-state index contributed by atoms with van der Waals surface area (Å²) >= 11 is 0. The molecule has 0 aromatic heterocycles. The standard InChI is InChI=1S/C12H18F2O3Si/c1-16-18(15,17-2)6-4-3-5-10-7-11(13)9-12(14)8-10/h7-9,15H,3-6H2,1-2H3. The van der Waals surface area contributed by atoms with Crippen molar-refractivity contribution in [2.75, 3.05) is 14.2 Å². The fourth-order valence-corrected chi connectivity index (χ4v) is 2.99. The molecule has 0 aliphatic carbocycles. The van der Waals surface area contributed by atoms with Gasteiger partial charge in [0, 0.05) is 26.3 Å². The van der Waals surface area contributed by atoms with Crippen LogP contribution < -0.4 is 0 Å². The van der Waals surface area contributed by atoms with Gasteiger partial charge in [-0.1, -0.05) is 0 Å². The molecule has 0 saturated heterocycles. The highest BCUT2D eigenvalue weighted by Gasteiger charge is 2.33. The van der Waals surface area contributed by atoms with Crippen molar-refractivity contribution in [2.24, 2.45) is 0 Å². The Morgan fingerprint density at radius 3 is 2.11 bits per heavy atom. The minimum absolute atomic E-state index is 0.442. The summed E-state index contributed by atoms with van der Waals surface area (Å²) in [6.07, 6.45) is 1.96. The zero-order chi connectivity index (χ0) is 13.6. The molecule has 18 heavy (non-hydrogen) atoms. The third kappa shape index (κ3) is 4.81. The van der Waals surface area contributed by atoms with E-state index in [-0.39, 0.29) is 0 Å². The molecule has 0 bridgehead atoms. The molecule has 0 amide bonds. The van der Waals surface area contributed by atoms with E-state index in [0.717, 1.165) is 6.07 Å². The SMILES string of the molecule is CO[Si](O)(CCCCc1cc(F)cc(F)c1)OC. The van der Waals surface area contributed by atoms with E-state index in [2.05, 4.69) is 0 Å². The first-order valence-electron chi connectivity index (χ1n) is 5.77. The maximum atomic E-state index is 12.9. The largest absolute Gasteiger partial charge is 0.497 e. The van der Waals surface area contributed by atoms with Crippen molar-refractivity contribution in [1.29, 1.82) is 0 Å². The van der Waals surface area contributed by atoms with Gasteiger partial charge < -0.3 is 13.6 Å². The second-order valence-electron chi connectivity index (χ2n) is 4.11. The van der Waals surface area contributed by atoms with Crippen LogP contribution >= 0.6 is 0 Å². The summed E-state index contributed by atoms with van der Waals surface area (Å²) < 4.78 is 35.7. The van der Waals surface area contributed by atoms with Gasteiger partial charge in [-0.3, -0.25) is 0 Å². The van der Waals surface area contributed by atoms with Gasteiger partial charge in [-0.15, -0.1) is 0 Å². The Morgan fingerprint density at radius 2 is 1.61 bits per heavy atom. The van der Waals surface area contributed by atoms with Crippen LogP contribution in [0.3, 0.4) is 0 Å². The van der Waals surface area contributed by atoms with E-state index in [4.69, 9.17) is 8.85 Å². The summed E-state index contributed by atoms with van der Waals surface area (Å²) in [7, 11) is -0.177. The Kier molecular flexibility index (Phi) is 5.87. The fraction of sp³-hybridized carbons (Fsp3) is 0.500. The lowest BCUT2D eigenvalue weighted by atomic mass is 10.1. The predicted octanol–water partition coefficient (Wildman–Crippen LogP) is 2.51. The Bertz CT molecular complexity index is 363.